The van der Waals surface area contributed by atoms with Crippen molar-refractivity contribution in [1.29, 1.82) is 0 Å². The maximum Gasteiger partial charge on any atom is 0.328 e. The zero-order valence-corrected chi connectivity index (χ0v) is 30.6. The first-order valence-corrected chi connectivity index (χ1v) is 18.1. The molecule has 4 aromatic carbocycles. The molecule has 13 heteroatoms. The predicted molar refractivity (Wildman–Crippen MR) is 204 cm³/mol. The van der Waals surface area contributed by atoms with Crippen LogP contribution in [0.4, 0.5) is 8.78 Å². The van der Waals surface area contributed by atoms with E-state index in [0.29, 0.717) is 29.8 Å². The van der Waals surface area contributed by atoms with Gasteiger partial charge in [-0.3, -0.25) is 24.4 Å². The number of halogens is 4. The Morgan fingerprint density at radius 3 is 2.37 bits per heavy atom. The van der Waals surface area contributed by atoms with Crippen LogP contribution in [0.25, 0.3) is 11.1 Å². The summed E-state index contributed by atoms with van der Waals surface area (Å²) in [6, 6.07) is 23.5. The Kier molecular flexibility index (Phi) is 12.3. The second-order valence-corrected chi connectivity index (χ2v) is 14.0. The Balaban J connectivity index is 1.08. The van der Waals surface area contributed by atoms with E-state index in [1.807, 2.05) is 30.5 Å². The van der Waals surface area contributed by atoms with Crippen molar-refractivity contribution in [2.45, 2.75) is 57.2 Å². The van der Waals surface area contributed by atoms with Crippen molar-refractivity contribution >= 4 is 58.7 Å². The first kappa shape index (κ1) is 38.5. The van der Waals surface area contributed by atoms with Crippen molar-refractivity contribution in [2.24, 2.45) is 9.98 Å². The third-order valence-electron chi connectivity index (χ3n) is 9.12. The highest BCUT2D eigenvalue weighted by Crippen LogP contribution is 2.33. The smallest absolute Gasteiger partial charge is 0.328 e. The van der Waals surface area contributed by atoms with Crippen molar-refractivity contribution < 1.29 is 32.7 Å². The third-order valence-corrected chi connectivity index (χ3v) is 9.72. The summed E-state index contributed by atoms with van der Waals surface area (Å²) in [5.74, 6) is -5.19. The Hall–Kier alpha value is -5.26. The number of rotatable bonds is 14. The van der Waals surface area contributed by atoms with Gasteiger partial charge in [0, 0.05) is 36.8 Å². The number of fused-ring (bicyclic) bond motifs is 1. The van der Waals surface area contributed by atoms with Gasteiger partial charge in [-0.1, -0.05) is 77.8 Å². The number of aliphatic imine (C=N–C) groups is 2. The summed E-state index contributed by atoms with van der Waals surface area (Å²) >= 11 is 13.2. The van der Waals surface area contributed by atoms with Crippen LogP contribution in [-0.4, -0.2) is 60.5 Å². The van der Waals surface area contributed by atoms with E-state index < -0.39 is 42.1 Å². The second-order valence-electron chi connectivity index (χ2n) is 13.2. The van der Waals surface area contributed by atoms with E-state index in [1.165, 1.54) is 0 Å². The fraction of sp³-hybridized carbons (Fsp3) is 0.268. The summed E-state index contributed by atoms with van der Waals surface area (Å²) in [5.41, 5.74) is 5.99. The number of alkyl halides is 2. The molecule has 9 nitrogen and oxygen atoms in total. The molecule has 0 spiro atoms. The van der Waals surface area contributed by atoms with E-state index in [-0.39, 0.29) is 54.4 Å². The number of nitrogens with one attached hydrogen (secondary N) is 2. The first-order chi connectivity index (χ1) is 25.9. The van der Waals surface area contributed by atoms with Crippen LogP contribution in [0.1, 0.15) is 68.7 Å². The highest BCUT2D eigenvalue weighted by atomic mass is 35.5. The van der Waals surface area contributed by atoms with Gasteiger partial charge < -0.3 is 15.4 Å². The van der Waals surface area contributed by atoms with Gasteiger partial charge in [0.05, 0.1) is 28.7 Å². The van der Waals surface area contributed by atoms with Crippen LogP contribution in [0.2, 0.25) is 10.0 Å². The van der Waals surface area contributed by atoms with Gasteiger partial charge in [0.15, 0.2) is 5.78 Å². The molecule has 278 valence electrons. The van der Waals surface area contributed by atoms with Crippen LogP contribution in [0.5, 0.6) is 0 Å². The number of amides is 2. The largest absolute Gasteiger partial charge is 0.459 e. The molecular weight excluding hydrogens is 737 g/mol. The van der Waals surface area contributed by atoms with Gasteiger partial charge >= 0.3 is 5.97 Å². The van der Waals surface area contributed by atoms with Crippen LogP contribution in [0.3, 0.4) is 0 Å². The molecule has 0 aliphatic carbocycles. The van der Waals surface area contributed by atoms with Gasteiger partial charge in [-0.25, -0.2) is 13.6 Å². The lowest BCUT2D eigenvalue weighted by molar-refractivity contribution is -0.147. The Bertz CT molecular complexity index is 2120. The Morgan fingerprint density at radius 2 is 1.63 bits per heavy atom. The number of hydrogen-bond donors (Lipinski definition) is 2. The van der Waals surface area contributed by atoms with Crippen molar-refractivity contribution in [2.75, 3.05) is 13.1 Å². The molecule has 0 saturated heterocycles. The Labute approximate surface area is 320 Å². The van der Waals surface area contributed by atoms with E-state index in [0.717, 1.165) is 27.8 Å². The van der Waals surface area contributed by atoms with Crippen molar-refractivity contribution in [3.8, 4) is 11.1 Å². The third kappa shape index (κ3) is 10.0. The number of Topliss-reactive ketones (excluding diaryl/α,β-unsaturated/α-hetero) is 1. The van der Waals surface area contributed by atoms with Crippen molar-refractivity contribution in [3.63, 3.8) is 0 Å². The lowest BCUT2D eigenvalue weighted by Crippen LogP contribution is -2.42. The number of ether oxygens (including phenoxy) is 1. The van der Waals surface area contributed by atoms with E-state index in [1.54, 1.807) is 60.7 Å². The molecule has 2 heterocycles. The monoisotopic (exact) mass is 772 g/mol. The van der Waals surface area contributed by atoms with Gasteiger partial charge in [0.1, 0.15) is 19.2 Å². The topological polar surface area (TPSA) is 126 Å². The standard InChI is InChI=1S/C41H36Cl2F2N4O5/c42-34-18-30(27-9-10-29-20-46-21-31(29)17-27)19-35(43)37(34)39(52)49-36(40(53)54-23-25-5-2-1-3-6-25)12-11-33(50)22-47-38(51)28-8-4-7-26(15-28)16-32-13-14-41(44,45)24-48-32/h1-10,15,17-20,36H,11-14,16,21-24H2,(H,47,51)(H,49,52)/t36-/m0/s1. The summed E-state index contributed by atoms with van der Waals surface area (Å²) in [7, 11) is 0. The van der Waals surface area contributed by atoms with Gasteiger partial charge in [0.2, 0.25) is 0 Å². The lowest BCUT2D eigenvalue weighted by atomic mass is 9.98. The summed E-state index contributed by atoms with van der Waals surface area (Å²) in [4.78, 5) is 61.1. The fourth-order valence-electron chi connectivity index (χ4n) is 6.15. The number of benzene rings is 4. The molecule has 54 heavy (non-hydrogen) atoms. The number of hydrogen-bond acceptors (Lipinski definition) is 7. The molecule has 0 fully saturated rings. The minimum absolute atomic E-state index is 0.0400. The highest BCUT2D eigenvalue weighted by molar-refractivity contribution is 6.40. The predicted octanol–water partition coefficient (Wildman–Crippen LogP) is 7.63. The number of nitrogens with zero attached hydrogens (tertiary/aromatic N) is 2. The molecule has 0 saturated carbocycles. The molecule has 0 bridgehead atoms. The van der Waals surface area contributed by atoms with Crippen molar-refractivity contribution in [3.05, 3.63) is 128 Å². The number of ketones is 1. The maximum absolute atomic E-state index is 13.6. The highest BCUT2D eigenvalue weighted by Gasteiger charge is 2.32. The minimum Gasteiger partial charge on any atom is -0.459 e. The number of esters is 1. The van der Waals surface area contributed by atoms with Gasteiger partial charge in [0.25, 0.3) is 17.7 Å². The molecule has 2 aliphatic rings. The van der Waals surface area contributed by atoms with Crippen LogP contribution < -0.4 is 10.6 Å². The van der Waals surface area contributed by atoms with E-state index in [4.69, 9.17) is 27.9 Å². The molecule has 1 atom stereocenters. The van der Waals surface area contributed by atoms with E-state index in [9.17, 15) is 28.0 Å². The molecular formula is C41H36Cl2F2N4O5. The van der Waals surface area contributed by atoms with Crippen LogP contribution in [0, 0.1) is 0 Å². The van der Waals surface area contributed by atoms with Gasteiger partial charge in [-0.05, 0) is 76.6 Å². The van der Waals surface area contributed by atoms with Crippen LogP contribution in [-0.2, 0) is 33.9 Å². The van der Waals surface area contributed by atoms with Crippen LogP contribution in [0.15, 0.2) is 94.9 Å². The van der Waals surface area contributed by atoms with Crippen molar-refractivity contribution in [1.82, 2.24) is 10.6 Å². The summed E-state index contributed by atoms with van der Waals surface area (Å²) < 4.78 is 32.5. The van der Waals surface area contributed by atoms with Gasteiger partial charge in [-0.2, -0.15) is 0 Å². The van der Waals surface area contributed by atoms with Crippen LogP contribution >= 0.6 is 23.2 Å². The van der Waals surface area contributed by atoms with E-state index in [2.05, 4.69) is 20.6 Å². The second kappa shape index (κ2) is 17.3. The first-order valence-electron chi connectivity index (χ1n) is 17.4. The molecule has 2 amide bonds. The SMILES string of the molecule is O=C(CC[C@H](NC(=O)c1c(Cl)cc(-c2ccc3c(c2)CN=C3)cc1Cl)C(=O)OCc1ccccc1)CNC(=O)c1cccc(CC2=NCC(F)(F)CC2)c1. The summed E-state index contributed by atoms with van der Waals surface area (Å²) in [6.07, 6.45) is 1.76. The zero-order valence-electron chi connectivity index (χ0n) is 29.0. The molecule has 2 aliphatic heterocycles. The van der Waals surface area contributed by atoms with Gasteiger partial charge in [-0.15, -0.1) is 0 Å². The molecule has 0 unspecified atom stereocenters. The molecule has 6 rings (SSSR count). The maximum atomic E-state index is 13.6. The number of carbonyl (C=O) groups is 4. The average molecular weight is 774 g/mol. The quantitative estimate of drug-likeness (QED) is 0.128. The Morgan fingerprint density at radius 1 is 0.870 bits per heavy atom. The molecule has 4 aromatic rings. The summed E-state index contributed by atoms with van der Waals surface area (Å²) in [5, 5.41) is 5.37. The van der Waals surface area contributed by atoms with E-state index >= 15 is 0 Å². The minimum atomic E-state index is -2.79. The fourth-order valence-corrected chi connectivity index (χ4v) is 6.80. The zero-order chi connectivity index (χ0) is 38.2. The number of carbonyl (C=O) groups excluding carboxylic acids is 4. The molecule has 2 N–H and O–H groups in total. The average Bonchev–Trinajstić information content (AvgIpc) is 3.64. The summed E-state index contributed by atoms with van der Waals surface area (Å²) in [6.45, 7) is -0.363. The molecule has 0 aromatic heterocycles. The lowest BCUT2D eigenvalue weighted by Gasteiger charge is -2.20. The normalized spacial score (nSPS) is 14.8. The molecule has 0 radical (unpaired) electrons.